The zero-order chi connectivity index (χ0) is 20.1. The van der Waals surface area contributed by atoms with Gasteiger partial charge in [-0.1, -0.05) is 17.7 Å². The number of anilines is 1. The quantitative estimate of drug-likeness (QED) is 0.636. The first-order chi connectivity index (χ1) is 13.4. The minimum absolute atomic E-state index is 0.0459. The highest BCUT2D eigenvalue weighted by Crippen LogP contribution is 2.18. The van der Waals surface area contributed by atoms with Crippen LogP contribution in [0.15, 0.2) is 47.8 Å². The predicted octanol–water partition coefficient (Wildman–Crippen LogP) is 3.45. The Bertz CT molecular complexity index is 1000. The van der Waals surface area contributed by atoms with Crippen LogP contribution in [-0.2, 0) is 17.8 Å². The molecule has 1 aromatic heterocycles. The molecule has 0 fully saturated rings. The molecule has 0 radical (unpaired) electrons. The summed E-state index contributed by atoms with van der Waals surface area (Å²) in [5.74, 6) is -1.21. The number of thiazole rings is 1. The number of nitrogens with one attached hydrogen (secondary N) is 1. The van der Waals surface area contributed by atoms with Crippen molar-refractivity contribution in [3.8, 4) is 5.75 Å². The van der Waals surface area contributed by atoms with Crippen molar-refractivity contribution >= 4 is 28.8 Å². The number of amides is 2. The van der Waals surface area contributed by atoms with Gasteiger partial charge in [0.25, 0.3) is 5.91 Å². The normalized spacial score (nSPS) is 10.5. The van der Waals surface area contributed by atoms with Gasteiger partial charge in [0.05, 0.1) is 17.7 Å². The van der Waals surface area contributed by atoms with Crippen LogP contribution in [0.2, 0.25) is 0 Å². The van der Waals surface area contributed by atoms with Crippen molar-refractivity contribution in [3.05, 3.63) is 75.5 Å². The summed E-state index contributed by atoms with van der Waals surface area (Å²) >= 11 is 1.40. The van der Waals surface area contributed by atoms with E-state index in [1.807, 2.05) is 31.2 Å². The Morgan fingerprint density at radius 1 is 1.21 bits per heavy atom. The van der Waals surface area contributed by atoms with E-state index in [1.165, 1.54) is 23.5 Å². The minimum Gasteiger partial charge on any atom is -0.486 e. The fraction of sp³-hybridized carbons (Fsp3) is 0.150. The van der Waals surface area contributed by atoms with Gasteiger partial charge in [-0.15, -0.1) is 11.3 Å². The van der Waals surface area contributed by atoms with E-state index in [0.29, 0.717) is 18.0 Å². The molecule has 0 bridgehead atoms. The van der Waals surface area contributed by atoms with E-state index >= 15 is 0 Å². The zero-order valence-corrected chi connectivity index (χ0v) is 15.9. The lowest BCUT2D eigenvalue weighted by atomic mass is 10.1. The van der Waals surface area contributed by atoms with E-state index < -0.39 is 11.7 Å². The molecule has 8 heteroatoms. The first-order valence-electron chi connectivity index (χ1n) is 8.42. The van der Waals surface area contributed by atoms with Gasteiger partial charge in [-0.05, 0) is 37.3 Å². The van der Waals surface area contributed by atoms with E-state index in [4.69, 9.17) is 10.5 Å². The van der Waals surface area contributed by atoms with Gasteiger partial charge in [-0.25, -0.2) is 9.37 Å². The summed E-state index contributed by atoms with van der Waals surface area (Å²) in [5.41, 5.74) is 6.87. The van der Waals surface area contributed by atoms with Gasteiger partial charge < -0.3 is 15.8 Å². The molecule has 3 N–H and O–H groups in total. The van der Waals surface area contributed by atoms with Crippen LogP contribution in [0.3, 0.4) is 0 Å². The SMILES string of the molecule is Cc1ccc(OCc2nc(CC(=O)Nc3ccc(F)c(C(N)=O)c3)cs2)cc1. The van der Waals surface area contributed by atoms with E-state index in [9.17, 15) is 14.0 Å². The van der Waals surface area contributed by atoms with E-state index in [2.05, 4.69) is 10.3 Å². The Labute approximate surface area is 165 Å². The molecule has 0 aliphatic rings. The van der Waals surface area contributed by atoms with Crippen LogP contribution in [0.25, 0.3) is 0 Å². The van der Waals surface area contributed by atoms with Crippen LogP contribution in [0, 0.1) is 12.7 Å². The summed E-state index contributed by atoms with van der Waals surface area (Å²) in [7, 11) is 0. The Balaban J connectivity index is 1.55. The molecule has 1 heterocycles. The van der Waals surface area contributed by atoms with Gasteiger partial charge in [-0.3, -0.25) is 9.59 Å². The third-order valence-corrected chi connectivity index (χ3v) is 4.71. The van der Waals surface area contributed by atoms with Gasteiger partial charge in [0.15, 0.2) is 0 Å². The number of nitrogens with zero attached hydrogens (tertiary/aromatic N) is 1. The molecule has 28 heavy (non-hydrogen) atoms. The summed E-state index contributed by atoms with van der Waals surface area (Å²) < 4.78 is 19.2. The van der Waals surface area contributed by atoms with Gasteiger partial charge >= 0.3 is 0 Å². The third-order valence-electron chi connectivity index (χ3n) is 3.84. The van der Waals surface area contributed by atoms with Crippen molar-refractivity contribution in [2.45, 2.75) is 20.0 Å². The highest BCUT2D eigenvalue weighted by molar-refractivity contribution is 7.09. The van der Waals surface area contributed by atoms with E-state index in [0.717, 1.165) is 22.4 Å². The molecule has 3 aromatic rings. The molecule has 6 nitrogen and oxygen atoms in total. The third kappa shape index (κ3) is 5.14. The first-order valence-corrected chi connectivity index (χ1v) is 9.30. The second kappa shape index (κ2) is 8.62. The summed E-state index contributed by atoms with van der Waals surface area (Å²) in [5, 5.41) is 5.14. The number of ether oxygens (including phenoxy) is 1. The molecule has 2 aromatic carbocycles. The molecule has 0 unspecified atom stereocenters. The molecule has 2 amide bonds. The largest absolute Gasteiger partial charge is 0.486 e. The molecule has 144 valence electrons. The second-order valence-electron chi connectivity index (χ2n) is 6.12. The molecular weight excluding hydrogens is 381 g/mol. The molecule has 0 saturated heterocycles. The van der Waals surface area contributed by atoms with Gasteiger partial charge in [0.1, 0.15) is 23.2 Å². The van der Waals surface area contributed by atoms with Crippen molar-refractivity contribution < 1.29 is 18.7 Å². The Morgan fingerprint density at radius 3 is 2.68 bits per heavy atom. The van der Waals surface area contributed by atoms with Crippen LogP contribution < -0.4 is 15.8 Å². The average molecular weight is 399 g/mol. The van der Waals surface area contributed by atoms with Gasteiger partial charge in [0.2, 0.25) is 5.91 Å². The fourth-order valence-corrected chi connectivity index (χ4v) is 3.14. The number of halogens is 1. The Kier molecular flexibility index (Phi) is 6.00. The highest BCUT2D eigenvalue weighted by atomic mass is 32.1. The van der Waals surface area contributed by atoms with Crippen LogP contribution in [0.1, 0.15) is 26.6 Å². The summed E-state index contributed by atoms with van der Waals surface area (Å²) in [4.78, 5) is 27.7. The second-order valence-corrected chi connectivity index (χ2v) is 7.06. The molecule has 0 aliphatic heterocycles. The van der Waals surface area contributed by atoms with E-state index in [1.54, 1.807) is 5.38 Å². The number of carbonyl (C=O) groups is 2. The number of carbonyl (C=O) groups excluding carboxylic acids is 2. The topological polar surface area (TPSA) is 94.3 Å². The van der Waals surface area contributed by atoms with Gasteiger partial charge in [-0.2, -0.15) is 0 Å². The Hall–Kier alpha value is -3.26. The monoisotopic (exact) mass is 399 g/mol. The first kappa shape index (κ1) is 19.5. The van der Waals surface area contributed by atoms with Crippen molar-refractivity contribution in [1.82, 2.24) is 4.98 Å². The van der Waals surface area contributed by atoms with Crippen molar-refractivity contribution in [1.29, 1.82) is 0 Å². The fourth-order valence-electron chi connectivity index (χ4n) is 2.44. The lowest BCUT2D eigenvalue weighted by Gasteiger charge is -2.06. The lowest BCUT2D eigenvalue weighted by molar-refractivity contribution is -0.115. The van der Waals surface area contributed by atoms with Crippen LogP contribution in [-0.4, -0.2) is 16.8 Å². The minimum atomic E-state index is -0.897. The average Bonchev–Trinajstić information content (AvgIpc) is 3.10. The molecule has 0 atom stereocenters. The summed E-state index contributed by atoms with van der Waals surface area (Å²) in [6.45, 7) is 2.32. The number of hydrogen-bond acceptors (Lipinski definition) is 5. The summed E-state index contributed by atoms with van der Waals surface area (Å²) in [6.07, 6.45) is 0.0459. The van der Waals surface area contributed by atoms with Gasteiger partial charge in [0, 0.05) is 11.1 Å². The zero-order valence-electron chi connectivity index (χ0n) is 15.1. The number of benzene rings is 2. The molecule has 3 rings (SSSR count). The predicted molar refractivity (Wildman–Crippen MR) is 105 cm³/mol. The molecule has 0 saturated carbocycles. The maximum Gasteiger partial charge on any atom is 0.251 e. The maximum absolute atomic E-state index is 13.5. The molecule has 0 aliphatic carbocycles. The van der Waals surface area contributed by atoms with E-state index in [-0.39, 0.29) is 17.9 Å². The van der Waals surface area contributed by atoms with Crippen molar-refractivity contribution in [2.75, 3.05) is 5.32 Å². The van der Waals surface area contributed by atoms with Crippen molar-refractivity contribution in [2.24, 2.45) is 5.73 Å². The highest BCUT2D eigenvalue weighted by Gasteiger charge is 2.12. The van der Waals surface area contributed by atoms with Crippen LogP contribution in [0.5, 0.6) is 5.75 Å². The number of nitrogens with two attached hydrogens (primary N) is 1. The van der Waals surface area contributed by atoms with Crippen molar-refractivity contribution in [3.63, 3.8) is 0 Å². The van der Waals surface area contributed by atoms with Crippen LogP contribution >= 0.6 is 11.3 Å². The number of rotatable bonds is 7. The number of aryl methyl sites for hydroxylation is 1. The number of primary amides is 1. The smallest absolute Gasteiger partial charge is 0.251 e. The number of aromatic nitrogens is 1. The number of hydrogen-bond donors (Lipinski definition) is 2. The maximum atomic E-state index is 13.5. The molecule has 0 spiro atoms. The lowest BCUT2D eigenvalue weighted by Crippen LogP contribution is -2.17. The van der Waals surface area contributed by atoms with Crippen LogP contribution in [0.4, 0.5) is 10.1 Å². The molecular formula is C20H18FN3O3S. The standard InChI is InChI=1S/C20H18FN3O3S/c1-12-2-5-15(6-3-12)27-10-19-24-14(11-28-19)9-18(25)23-13-4-7-17(21)16(8-13)20(22)26/h2-8,11H,9-10H2,1H3,(H2,22,26)(H,23,25). The summed E-state index contributed by atoms with van der Waals surface area (Å²) in [6, 6.07) is 11.4. The Morgan fingerprint density at radius 2 is 1.96 bits per heavy atom.